The van der Waals surface area contributed by atoms with E-state index in [-0.39, 0.29) is 11.4 Å². The number of rotatable bonds is 2. The fourth-order valence-corrected chi connectivity index (χ4v) is 1.20. The van der Waals surface area contributed by atoms with Crippen molar-refractivity contribution < 1.29 is 9.63 Å². The Labute approximate surface area is 92.3 Å². The minimum absolute atomic E-state index is 0.0381. The summed E-state index contributed by atoms with van der Waals surface area (Å²) in [7, 11) is 3.64. The van der Waals surface area contributed by atoms with Crippen molar-refractivity contribution in [3.8, 4) is 17.2 Å². The van der Waals surface area contributed by atoms with Crippen molar-refractivity contribution in [2.24, 2.45) is 0 Å². The molecule has 84 valence electrons. The molecule has 0 saturated heterocycles. The van der Waals surface area contributed by atoms with Gasteiger partial charge in [0.2, 0.25) is 0 Å². The molecule has 1 aromatic carbocycles. The van der Waals surface area contributed by atoms with Crippen LogP contribution in [0.1, 0.15) is 0 Å². The second-order valence-electron chi connectivity index (χ2n) is 3.57. The molecule has 2 aromatic rings. The van der Waals surface area contributed by atoms with Crippen molar-refractivity contribution in [1.29, 1.82) is 0 Å². The molecule has 0 amide bonds. The fourth-order valence-electron chi connectivity index (χ4n) is 1.20. The summed E-state index contributed by atoms with van der Waals surface area (Å²) in [6.07, 6.45) is 0. The second kappa shape index (κ2) is 3.73. The van der Waals surface area contributed by atoms with Crippen LogP contribution in [-0.4, -0.2) is 29.3 Å². The van der Waals surface area contributed by atoms with Crippen molar-refractivity contribution in [2.45, 2.75) is 0 Å². The minimum atomic E-state index is 0.0381. The normalized spacial score (nSPS) is 10.4. The number of nitrogens with zero attached hydrogens (tertiary/aromatic N) is 3. The van der Waals surface area contributed by atoms with Crippen molar-refractivity contribution in [2.75, 3.05) is 24.7 Å². The number of benzene rings is 1. The molecule has 0 radical (unpaired) electrons. The van der Waals surface area contributed by atoms with Gasteiger partial charge in [0, 0.05) is 19.7 Å². The molecule has 6 heteroatoms. The average molecular weight is 220 g/mol. The largest absolute Gasteiger partial charge is 0.506 e. The first-order valence-corrected chi connectivity index (χ1v) is 4.68. The maximum absolute atomic E-state index is 9.28. The molecule has 16 heavy (non-hydrogen) atoms. The van der Waals surface area contributed by atoms with Crippen LogP contribution in [0.3, 0.4) is 0 Å². The van der Waals surface area contributed by atoms with E-state index in [1.807, 2.05) is 14.1 Å². The lowest BCUT2D eigenvalue weighted by molar-refractivity contribution is 0.430. The van der Waals surface area contributed by atoms with Crippen molar-refractivity contribution in [1.82, 2.24) is 10.1 Å². The maximum atomic E-state index is 9.28. The van der Waals surface area contributed by atoms with Gasteiger partial charge < -0.3 is 20.3 Å². The van der Waals surface area contributed by atoms with Crippen LogP contribution in [0.4, 0.5) is 11.6 Å². The van der Waals surface area contributed by atoms with E-state index in [0.717, 1.165) is 0 Å². The van der Waals surface area contributed by atoms with E-state index >= 15 is 0 Å². The van der Waals surface area contributed by atoms with Gasteiger partial charge in [-0.25, -0.2) is 0 Å². The van der Waals surface area contributed by atoms with Gasteiger partial charge in [-0.1, -0.05) is 0 Å². The minimum Gasteiger partial charge on any atom is -0.506 e. The predicted molar refractivity (Wildman–Crippen MR) is 60.1 cm³/mol. The van der Waals surface area contributed by atoms with Crippen LogP contribution in [0.5, 0.6) is 5.75 Å². The molecule has 2 rings (SSSR count). The molecule has 0 atom stereocenters. The molecular weight excluding hydrogens is 208 g/mol. The molecular formula is C10H12N4O2. The van der Waals surface area contributed by atoms with Gasteiger partial charge in [-0.3, -0.25) is 0 Å². The van der Waals surface area contributed by atoms with Crippen molar-refractivity contribution in [3.63, 3.8) is 0 Å². The third-order valence-corrected chi connectivity index (χ3v) is 2.09. The zero-order chi connectivity index (χ0) is 11.7. The molecule has 3 N–H and O–H groups in total. The first kappa shape index (κ1) is 10.3. The predicted octanol–water partition coefficient (Wildman–Crippen LogP) is 1.09. The number of hydrogen-bond donors (Lipinski definition) is 2. The Bertz CT molecular complexity index is 507. The Morgan fingerprint density at radius 2 is 2.12 bits per heavy atom. The Morgan fingerprint density at radius 3 is 2.69 bits per heavy atom. The van der Waals surface area contributed by atoms with Gasteiger partial charge in [-0.15, -0.1) is 0 Å². The average Bonchev–Trinajstić information content (AvgIpc) is 2.71. The smallest absolute Gasteiger partial charge is 0.265 e. The summed E-state index contributed by atoms with van der Waals surface area (Å²) in [5.41, 5.74) is 6.53. The highest BCUT2D eigenvalue weighted by atomic mass is 16.5. The number of nitrogen functional groups attached to an aromatic ring is 1. The van der Waals surface area contributed by atoms with E-state index in [1.165, 1.54) is 6.07 Å². The summed E-state index contributed by atoms with van der Waals surface area (Å²) in [4.78, 5) is 5.89. The number of aromatic nitrogens is 2. The topological polar surface area (TPSA) is 88.4 Å². The molecule has 1 aromatic heterocycles. The van der Waals surface area contributed by atoms with Gasteiger partial charge in [0.05, 0.1) is 5.69 Å². The first-order chi connectivity index (χ1) is 7.58. The van der Waals surface area contributed by atoms with Crippen LogP contribution >= 0.6 is 0 Å². The third-order valence-electron chi connectivity index (χ3n) is 2.09. The maximum Gasteiger partial charge on any atom is 0.265 e. The van der Waals surface area contributed by atoms with Crippen molar-refractivity contribution >= 4 is 11.6 Å². The lowest BCUT2D eigenvalue weighted by atomic mass is 10.2. The highest BCUT2D eigenvalue weighted by Crippen LogP contribution is 2.27. The Hall–Kier alpha value is -2.24. The number of anilines is 2. The zero-order valence-corrected chi connectivity index (χ0v) is 9.01. The first-order valence-electron chi connectivity index (χ1n) is 4.68. The van der Waals surface area contributed by atoms with Crippen LogP contribution < -0.4 is 10.6 Å². The van der Waals surface area contributed by atoms with Gasteiger partial charge in [-0.2, -0.15) is 4.98 Å². The van der Waals surface area contributed by atoms with E-state index in [2.05, 4.69) is 10.1 Å². The van der Waals surface area contributed by atoms with E-state index in [1.54, 1.807) is 17.0 Å². The Morgan fingerprint density at radius 1 is 1.38 bits per heavy atom. The van der Waals surface area contributed by atoms with Gasteiger partial charge in [0.15, 0.2) is 0 Å². The number of nitrogens with two attached hydrogens (primary N) is 1. The van der Waals surface area contributed by atoms with E-state index in [4.69, 9.17) is 10.3 Å². The number of aromatic hydroxyl groups is 1. The van der Waals surface area contributed by atoms with Gasteiger partial charge in [-0.05, 0) is 23.4 Å². The summed E-state index contributed by atoms with van der Waals surface area (Å²) in [5.74, 6) is 0.896. The lowest BCUT2D eigenvalue weighted by Gasteiger charge is -2.02. The second-order valence-corrected chi connectivity index (χ2v) is 3.57. The van der Waals surface area contributed by atoms with Crippen LogP contribution in [0, 0.1) is 0 Å². The van der Waals surface area contributed by atoms with Crippen LogP contribution in [0.15, 0.2) is 22.7 Å². The van der Waals surface area contributed by atoms with Gasteiger partial charge >= 0.3 is 0 Å². The Kier molecular flexibility index (Phi) is 2.40. The zero-order valence-electron chi connectivity index (χ0n) is 9.01. The molecule has 0 spiro atoms. The standard InChI is InChI=1S/C10H12N4O2/c1-14(2)10-12-9(16-13-10)6-3-4-8(15)7(11)5-6/h3-5,15H,11H2,1-2H3. The monoisotopic (exact) mass is 220 g/mol. The van der Waals surface area contributed by atoms with Crippen molar-refractivity contribution in [3.05, 3.63) is 18.2 Å². The summed E-state index contributed by atoms with van der Waals surface area (Å²) in [5, 5.41) is 13.1. The number of phenols is 1. The Balaban J connectivity index is 2.39. The molecule has 0 saturated carbocycles. The van der Waals surface area contributed by atoms with Crippen LogP contribution in [-0.2, 0) is 0 Å². The summed E-state index contributed by atoms with van der Waals surface area (Å²) in [6.45, 7) is 0. The molecule has 0 bridgehead atoms. The van der Waals surface area contributed by atoms with E-state index in [0.29, 0.717) is 17.4 Å². The highest BCUT2D eigenvalue weighted by molar-refractivity contribution is 5.65. The molecule has 0 aliphatic carbocycles. The van der Waals surface area contributed by atoms with Gasteiger partial charge in [0.1, 0.15) is 5.75 Å². The van der Waals surface area contributed by atoms with E-state index < -0.39 is 0 Å². The number of phenolic OH excluding ortho intramolecular Hbond substituents is 1. The molecule has 0 aliphatic heterocycles. The molecule has 1 heterocycles. The lowest BCUT2D eigenvalue weighted by Crippen LogP contribution is -2.10. The molecule has 0 unspecified atom stereocenters. The van der Waals surface area contributed by atoms with Gasteiger partial charge in [0.25, 0.3) is 11.8 Å². The SMILES string of the molecule is CN(C)c1noc(-c2ccc(O)c(N)c2)n1. The highest BCUT2D eigenvalue weighted by Gasteiger charge is 2.11. The summed E-state index contributed by atoms with van der Waals surface area (Å²) >= 11 is 0. The van der Waals surface area contributed by atoms with E-state index in [9.17, 15) is 5.11 Å². The molecule has 0 fully saturated rings. The van der Waals surface area contributed by atoms with Crippen LogP contribution in [0.2, 0.25) is 0 Å². The summed E-state index contributed by atoms with van der Waals surface area (Å²) in [6, 6.07) is 4.74. The summed E-state index contributed by atoms with van der Waals surface area (Å²) < 4.78 is 5.07. The third kappa shape index (κ3) is 1.77. The fraction of sp³-hybridized carbons (Fsp3) is 0.200. The number of hydrogen-bond acceptors (Lipinski definition) is 6. The molecule has 6 nitrogen and oxygen atoms in total. The molecule has 0 aliphatic rings. The quantitative estimate of drug-likeness (QED) is 0.581. The van der Waals surface area contributed by atoms with Crippen LogP contribution in [0.25, 0.3) is 11.5 Å².